The lowest BCUT2D eigenvalue weighted by Crippen LogP contribution is -2.27. The third kappa shape index (κ3) is 3.15. The van der Waals surface area contributed by atoms with Crippen LogP contribution in [-0.4, -0.2) is 16.5 Å². The average Bonchev–Trinajstić information content (AvgIpc) is 2.74. The van der Waals surface area contributed by atoms with Crippen LogP contribution in [0.25, 0.3) is 11.0 Å². The fourth-order valence-corrected chi connectivity index (χ4v) is 3.36. The van der Waals surface area contributed by atoms with E-state index in [0.29, 0.717) is 5.92 Å². The zero-order valence-electron chi connectivity index (χ0n) is 12.2. The fourth-order valence-electron chi connectivity index (χ4n) is 2.77. The highest BCUT2D eigenvalue weighted by Gasteiger charge is 2.21. The first kappa shape index (κ1) is 15.3. The molecule has 3 N–H and O–H groups in total. The molecule has 0 radical (unpaired) electrons. The zero-order valence-corrected chi connectivity index (χ0v) is 13.8. The number of aromatic nitrogens is 2. The van der Waals surface area contributed by atoms with Gasteiger partial charge in [0.25, 0.3) is 0 Å². The van der Waals surface area contributed by atoms with Crippen LogP contribution in [0, 0.1) is 5.92 Å². The summed E-state index contributed by atoms with van der Waals surface area (Å²) in [7, 11) is 0. The number of fused-ring (bicyclic) bond motifs is 1. The predicted octanol–water partition coefficient (Wildman–Crippen LogP) is 3.71. The molecule has 2 atom stereocenters. The second-order valence-electron chi connectivity index (χ2n) is 5.30. The Bertz CT molecular complexity index is 632. The highest BCUT2D eigenvalue weighted by Crippen LogP contribution is 2.33. The molecule has 4 nitrogen and oxygen atoms in total. The molecular formula is C15H22BrN3O. The van der Waals surface area contributed by atoms with Crippen molar-refractivity contribution in [3.8, 4) is 0 Å². The Morgan fingerprint density at radius 2 is 1.90 bits per heavy atom. The van der Waals surface area contributed by atoms with E-state index in [2.05, 4.69) is 58.1 Å². The number of rotatable bonds is 6. The van der Waals surface area contributed by atoms with Gasteiger partial charge in [-0.05, 0) is 36.6 Å². The summed E-state index contributed by atoms with van der Waals surface area (Å²) in [6.07, 6.45) is 2.34. The van der Waals surface area contributed by atoms with Crippen molar-refractivity contribution in [3.63, 3.8) is 0 Å². The number of H-pyrrole nitrogens is 2. The SMILES string of the molecule is CCCC(C)C(NCC)c1cc2[nH]c(=O)[nH]c2cc1Br. The van der Waals surface area contributed by atoms with Gasteiger partial charge in [-0.3, -0.25) is 0 Å². The van der Waals surface area contributed by atoms with E-state index < -0.39 is 0 Å². The predicted molar refractivity (Wildman–Crippen MR) is 87.1 cm³/mol. The van der Waals surface area contributed by atoms with Gasteiger partial charge in [-0.15, -0.1) is 0 Å². The molecule has 0 amide bonds. The topological polar surface area (TPSA) is 60.7 Å². The summed E-state index contributed by atoms with van der Waals surface area (Å²) >= 11 is 3.64. The lowest BCUT2D eigenvalue weighted by molar-refractivity contribution is 0.368. The Labute approximate surface area is 127 Å². The van der Waals surface area contributed by atoms with E-state index in [1.807, 2.05) is 6.07 Å². The fraction of sp³-hybridized carbons (Fsp3) is 0.533. The minimum absolute atomic E-state index is 0.161. The van der Waals surface area contributed by atoms with Crippen LogP contribution >= 0.6 is 15.9 Å². The van der Waals surface area contributed by atoms with Gasteiger partial charge in [0.05, 0.1) is 11.0 Å². The molecule has 110 valence electrons. The first-order valence-corrected chi connectivity index (χ1v) is 8.00. The maximum Gasteiger partial charge on any atom is 0.323 e. The van der Waals surface area contributed by atoms with Crippen LogP contribution in [0.4, 0.5) is 0 Å². The number of imidazole rings is 1. The molecule has 0 saturated carbocycles. The number of benzene rings is 1. The van der Waals surface area contributed by atoms with Crippen molar-refractivity contribution < 1.29 is 0 Å². The summed E-state index contributed by atoms with van der Waals surface area (Å²) in [4.78, 5) is 17.0. The smallest absolute Gasteiger partial charge is 0.310 e. The maximum atomic E-state index is 11.4. The Hall–Kier alpha value is -1.07. The van der Waals surface area contributed by atoms with Gasteiger partial charge in [0.1, 0.15) is 0 Å². The standard InChI is InChI=1S/C15H22BrN3O/c1-4-6-9(3)14(17-5-2)10-7-12-13(8-11(10)16)19-15(20)18-12/h7-9,14,17H,4-6H2,1-3H3,(H2,18,19,20). The van der Waals surface area contributed by atoms with E-state index in [9.17, 15) is 4.79 Å². The summed E-state index contributed by atoms with van der Waals surface area (Å²) < 4.78 is 1.04. The molecule has 20 heavy (non-hydrogen) atoms. The van der Waals surface area contributed by atoms with Gasteiger partial charge in [-0.1, -0.05) is 43.1 Å². The number of halogens is 1. The van der Waals surface area contributed by atoms with Crippen molar-refractivity contribution in [3.05, 3.63) is 32.7 Å². The van der Waals surface area contributed by atoms with Crippen LogP contribution in [0.15, 0.2) is 21.4 Å². The van der Waals surface area contributed by atoms with E-state index in [-0.39, 0.29) is 11.7 Å². The molecule has 0 saturated heterocycles. The monoisotopic (exact) mass is 339 g/mol. The second kappa shape index (κ2) is 6.59. The quantitative estimate of drug-likeness (QED) is 0.751. The van der Waals surface area contributed by atoms with Gasteiger partial charge in [0.2, 0.25) is 0 Å². The number of hydrogen-bond donors (Lipinski definition) is 3. The normalized spacial score (nSPS) is 14.6. The zero-order chi connectivity index (χ0) is 14.7. The van der Waals surface area contributed by atoms with Gasteiger partial charge in [-0.2, -0.15) is 0 Å². The molecule has 0 bridgehead atoms. The lowest BCUT2D eigenvalue weighted by Gasteiger charge is -2.26. The van der Waals surface area contributed by atoms with Crippen molar-refractivity contribution in [2.75, 3.05) is 6.54 Å². The van der Waals surface area contributed by atoms with Crippen molar-refractivity contribution in [2.45, 2.75) is 39.7 Å². The van der Waals surface area contributed by atoms with Crippen molar-refractivity contribution in [1.82, 2.24) is 15.3 Å². The van der Waals surface area contributed by atoms with E-state index in [1.165, 1.54) is 18.4 Å². The number of nitrogens with one attached hydrogen (secondary N) is 3. The molecule has 2 rings (SSSR count). The Morgan fingerprint density at radius 3 is 2.50 bits per heavy atom. The Kier molecular flexibility index (Phi) is 5.05. The first-order valence-electron chi connectivity index (χ1n) is 7.21. The lowest BCUT2D eigenvalue weighted by atomic mass is 9.90. The molecule has 1 heterocycles. The highest BCUT2D eigenvalue weighted by atomic mass is 79.9. The minimum Gasteiger partial charge on any atom is -0.310 e. The molecule has 0 fully saturated rings. The van der Waals surface area contributed by atoms with Gasteiger partial charge in [0.15, 0.2) is 0 Å². The highest BCUT2D eigenvalue weighted by molar-refractivity contribution is 9.10. The van der Waals surface area contributed by atoms with E-state index in [1.54, 1.807) is 0 Å². The minimum atomic E-state index is -0.161. The van der Waals surface area contributed by atoms with Crippen molar-refractivity contribution >= 4 is 27.0 Å². The summed E-state index contributed by atoms with van der Waals surface area (Å²) in [5.41, 5.74) is 2.74. The molecule has 0 aliphatic rings. The second-order valence-corrected chi connectivity index (χ2v) is 6.15. The summed E-state index contributed by atoms with van der Waals surface area (Å²) in [5.74, 6) is 0.541. The molecule has 0 aliphatic carbocycles. The van der Waals surface area contributed by atoms with Crippen LogP contribution in [0.5, 0.6) is 0 Å². The third-order valence-electron chi connectivity index (χ3n) is 3.71. The van der Waals surface area contributed by atoms with Crippen LogP contribution < -0.4 is 11.0 Å². The third-order valence-corrected chi connectivity index (χ3v) is 4.39. The molecule has 5 heteroatoms. The van der Waals surface area contributed by atoms with Gasteiger partial charge in [0, 0.05) is 10.5 Å². The average molecular weight is 340 g/mol. The van der Waals surface area contributed by atoms with Gasteiger partial charge in [-0.25, -0.2) is 4.79 Å². The molecular weight excluding hydrogens is 318 g/mol. The van der Waals surface area contributed by atoms with Gasteiger partial charge < -0.3 is 15.3 Å². The molecule has 2 aromatic rings. The van der Waals surface area contributed by atoms with Gasteiger partial charge >= 0.3 is 5.69 Å². The van der Waals surface area contributed by atoms with Crippen LogP contribution in [-0.2, 0) is 0 Å². The molecule has 1 aromatic heterocycles. The molecule has 0 spiro atoms. The molecule has 0 aliphatic heterocycles. The maximum absolute atomic E-state index is 11.4. The van der Waals surface area contributed by atoms with Crippen molar-refractivity contribution in [2.24, 2.45) is 5.92 Å². The summed E-state index contributed by atoms with van der Waals surface area (Å²) in [5, 5.41) is 3.56. The largest absolute Gasteiger partial charge is 0.323 e. The molecule has 1 aromatic carbocycles. The first-order chi connectivity index (χ1) is 9.56. The van der Waals surface area contributed by atoms with Crippen LogP contribution in [0.3, 0.4) is 0 Å². The summed E-state index contributed by atoms with van der Waals surface area (Å²) in [6, 6.07) is 4.33. The van der Waals surface area contributed by atoms with E-state index >= 15 is 0 Å². The van der Waals surface area contributed by atoms with Crippen molar-refractivity contribution in [1.29, 1.82) is 0 Å². The van der Waals surface area contributed by atoms with E-state index in [0.717, 1.165) is 22.1 Å². The number of hydrogen-bond acceptors (Lipinski definition) is 2. The Balaban J connectivity index is 2.45. The van der Waals surface area contributed by atoms with Crippen LogP contribution in [0.1, 0.15) is 45.2 Å². The van der Waals surface area contributed by atoms with Crippen LogP contribution in [0.2, 0.25) is 0 Å². The van der Waals surface area contributed by atoms with E-state index in [4.69, 9.17) is 0 Å². The Morgan fingerprint density at radius 1 is 1.25 bits per heavy atom. The molecule has 2 unspecified atom stereocenters. The summed E-state index contributed by atoms with van der Waals surface area (Å²) in [6.45, 7) is 7.53. The number of aromatic amines is 2.